The molecule has 0 fully saturated rings. The molecule has 2 N–H and O–H groups in total. The molecule has 102 valence electrons. The summed E-state index contributed by atoms with van der Waals surface area (Å²) >= 11 is 0. The minimum atomic E-state index is 0.431. The molecular weight excluding hydrogens is 252 g/mol. The van der Waals surface area contributed by atoms with Crippen LogP contribution in [0.1, 0.15) is 16.8 Å². The molecule has 5 nitrogen and oxygen atoms in total. The van der Waals surface area contributed by atoms with Crippen LogP contribution in [0.2, 0.25) is 0 Å². The Morgan fingerprint density at radius 3 is 2.95 bits per heavy atom. The summed E-state index contributed by atoms with van der Waals surface area (Å²) < 4.78 is 7.42. The number of nitriles is 1. The van der Waals surface area contributed by atoms with E-state index < -0.39 is 0 Å². The number of benzene rings is 1. The summed E-state index contributed by atoms with van der Waals surface area (Å²) in [5, 5.41) is 13.4. The highest BCUT2D eigenvalue weighted by Gasteiger charge is 2.16. The van der Waals surface area contributed by atoms with Crippen molar-refractivity contribution in [2.75, 3.05) is 5.73 Å². The Kier molecular flexibility index (Phi) is 3.76. The normalized spacial score (nSPS) is 10.1. The fourth-order valence-corrected chi connectivity index (χ4v) is 2.00. The lowest BCUT2D eigenvalue weighted by atomic mass is 10.1. The fourth-order valence-electron chi connectivity index (χ4n) is 2.00. The first-order chi connectivity index (χ1) is 9.56. The van der Waals surface area contributed by atoms with E-state index >= 15 is 0 Å². The molecule has 0 saturated heterocycles. The monoisotopic (exact) mass is 268 g/mol. The molecule has 0 aliphatic rings. The van der Waals surface area contributed by atoms with Crippen LogP contribution < -0.4 is 10.5 Å². The van der Waals surface area contributed by atoms with E-state index in [1.54, 1.807) is 36.9 Å². The van der Waals surface area contributed by atoms with Gasteiger partial charge in [-0.05, 0) is 31.5 Å². The summed E-state index contributed by atoms with van der Waals surface area (Å²) in [4.78, 5) is 0. The molecule has 0 aliphatic carbocycles. The van der Waals surface area contributed by atoms with Gasteiger partial charge in [-0.2, -0.15) is 10.4 Å². The number of aromatic nitrogens is 2. The van der Waals surface area contributed by atoms with E-state index in [0.29, 0.717) is 35.0 Å². The maximum atomic E-state index is 9.19. The van der Waals surface area contributed by atoms with Gasteiger partial charge in [0.15, 0.2) is 0 Å². The van der Waals surface area contributed by atoms with Gasteiger partial charge in [-0.15, -0.1) is 6.58 Å². The molecule has 0 radical (unpaired) electrons. The second kappa shape index (κ2) is 5.49. The van der Waals surface area contributed by atoms with Gasteiger partial charge in [0.2, 0.25) is 5.88 Å². The molecule has 5 heteroatoms. The molecular formula is C15H16N4O. The number of anilines is 1. The third-order valence-corrected chi connectivity index (χ3v) is 2.94. The van der Waals surface area contributed by atoms with Crippen LogP contribution >= 0.6 is 0 Å². The molecule has 20 heavy (non-hydrogen) atoms. The lowest BCUT2D eigenvalue weighted by Crippen LogP contribution is -1.99. The topological polar surface area (TPSA) is 76.9 Å². The van der Waals surface area contributed by atoms with Crippen LogP contribution in [0, 0.1) is 18.3 Å². The fraction of sp³-hybridized carbons (Fsp3) is 0.200. The average Bonchev–Trinajstić information content (AvgIpc) is 2.67. The van der Waals surface area contributed by atoms with Crippen molar-refractivity contribution in [2.45, 2.75) is 13.3 Å². The Balaban J connectivity index is 2.45. The predicted molar refractivity (Wildman–Crippen MR) is 77.5 cm³/mol. The highest BCUT2D eigenvalue weighted by atomic mass is 16.5. The number of aryl methyl sites for hydroxylation is 2. The molecule has 1 heterocycles. The molecule has 0 amide bonds. The van der Waals surface area contributed by atoms with Crippen molar-refractivity contribution in [3.8, 4) is 17.7 Å². The Hall–Kier alpha value is -2.74. The lowest BCUT2D eigenvalue weighted by molar-refractivity contribution is 0.426. The Morgan fingerprint density at radius 1 is 1.55 bits per heavy atom. The number of nitrogen functional groups attached to an aromatic ring is 1. The smallest absolute Gasteiger partial charge is 0.235 e. The van der Waals surface area contributed by atoms with E-state index in [1.807, 2.05) is 6.07 Å². The first kappa shape index (κ1) is 13.7. The van der Waals surface area contributed by atoms with Crippen LogP contribution in [0.4, 0.5) is 5.69 Å². The van der Waals surface area contributed by atoms with Gasteiger partial charge in [0.25, 0.3) is 0 Å². The van der Waals surface area contributed by atoms with Crippen LogP contribution in [-0.2, 0) is 13.5 Å². The average molecular weight is 268 g/mol. The van der Waals surface area contributed by atoms with E-state index in [-0.39, 0.29) is 0 Å². The van der Waals surface area contributed by atoms with Crippen LogP contribution in [0.15, 0.2) is 30.9 Å². The molecule has 0 saturated carbocycles. The largest absolute Gasteiger partial charge is 0.438 e. The summed E-state index contributed by atoms with van der Waals surface area (Å²) in [6.45, 7) is 5.50. The molecule has 0 aliphatic heterocycles. The van der Waals surface area contributed by atoms with Gasteiger partial charge < -0.3 is 10.5 Å². The highest BCUT2D eigenvalue weighted by Crippen LogP contribution is 2.30. The van der Waals surface area contributed by atoms with Crippen molar-refractivity contribution in [1.29, 1.82) is 5.26 Å². The summed E-state index contributed by atoms with van der Waals surface area (Å²) in [6, 6.07) is 7.50. The van der Waals surface area contributed by atoms with Crippen LogP contribution in [-0.4, -0.2) is 9.78 Å². The molecule has 0 bridgehead atoms. The summed E-state index contributed by atoms with van der Waals surface area (Å²) in [5.74, 6) is 1.08. The van der Waals surface area contributed by atoms with Crippen molar-refractivity contribution < 1.29 is 4.74 Å². The van der Waals surface area contributed by atoms with Gasteiger partial charge in [0.1, 0.15) is 17.4 Å². The van der Waals surface area contributed by atoms with Crippen LogP contribution in [0.25, 0.3) is 0 Å². The van der Waals surface area contributed by atoms with E-state index in [9.17, 15) is 5.26 Å². The molecule has 0 unspecified atom stereocenters. The maximum absolute atomic E-state index is 9.19. The number of hydrogen-bond donors (Lipinski definition) is 1. The molecule has 2 aromatic rings. The van der Waals surface area contributed by atoms with Crippen molar-refractivity contribution in [3.63, 3.8) is 0 Å². The van der Waals surface area contributed by atoms with E-state index in [1.165, 1.54) is 0 Å². The second-order valence-corrected chi connectivity index (χ2v) is 4.46. The first-order valence-electron chi connectivity index (χ1n) is 6.17. The zero-order valence-corrected chi connectivity index (χ0v) is 11.6. The first-order valence-corrected chi connectivity index (χ1v) is 6.17. The Morgan fingerprint density at radius 2 is 2.30 bits per heavy atom. The number of nitrogens with zero attached hydrogens (tertiary/aromatic N) is 3. The van der Waals surface area contributed by atoms with Gasteiger partial charge >= 0.3 is 0 Å². The summed E-state index contributed by atoms with van der Waals surface area (Å²) in [6.07, 6.45) is 2.42. The predicted octanol–water partition coefficient (Wildman–Crippen LogP) is 2.70. The van der Waals surface area contributed by atoms with Crippen molar-refractivity contribution in [1.82, 2.24) is 9.78 Å². The van der Waals surface area contributed by atoms with E-state index in [0.717, 1.165) is 5.56 Å². The maximum Gasteiger partial charge on any atom is 0.235 e. The van der Waals surface area contributed by atoms with Crippen molar-refractivity contribution in [2.24, 2.45) is 7.05 Å². The lowest BCUT2D eigenvalue weighted by Gasteiger charge is -2.11. The third kappa shape index (κ3) is 2.50. The zero-order chi connectivity index (χ0) is 14.7. The quantitative estimate of drug-likeness (QED) is 0.683. The summed E-state index contributed by atoms with van der Waals surface area (Å²) in [5.41, 5.74) is 8.45. The minimum absolute atomic E-state index is 0.431. The number of nitrogens with two attached hydrogens (primary N) is 1. The molecule has 1 aromatic carbocycles. The molecule has 2 rings (SSSR count). The van der Waals surface area contributed by atoms with E-state index in [2.05, 4.69) is 17.7 Å². The minimum Gasteiger partial charge on any atom is -0.438 e. The molecule has 1 aromatic heterocycles. The Labute approximate surface area is 117 Å². The van der Waals surface area contributed by atoms with Crippen LogP contribution in [0.3, 0.4) is 0 Å². The van der Waals surface area contributed by atoms with Crippen molar-refractivity contribution in [3.05, 3.63) is 47.7 Å². The number of hydrogen-bond acceptors (Lipinski definition) is 4. The number of rotatable bonds is 4. The third-order valence-electron chi connectivity index (χ3n) is 2.94. The van der Waals surface area contributed by atoms with Gasteiger partial charge in [0, 0.05) is 18.3 Å². The second-order valence-electron chi connectivity index (χ2n) is 4.46. The number of ether oxygens (including phenoxy) is 1. The summed E-state index contributed by atoms with van der Waals surface area (Å²) in [7, 11) is 1.74. The van der Waals surface area contributed by atoms with Gasteiger partial charge in [-0.3, -0.25) is 0 Å². The van der Waals surface area contributed by atoms with Gasteiger partial charge in [-0.1, -0.05) is 6.08 Å². The molecule has 0 atom stereocenters. The van der Waals surface area contributed by atoms with Gasteiger partial charge in [-0.25, -0.2) is 4.68 Å². The van der Waals surface area contributed by atoms with E-state index in [4.69, 9.17) is 10.5 Å². The molecule has 0 spiro atoms. The van der Waals surface area contributed by atoms with Gasteiger partial charge in [0.05, 0.1) is 5.69 Å². The highest BCUT2D eigenvalue weighted by molar-refractivity contribution is 5.51. The van der Waals surface area contributed by atoms with Crippen LogP contribution in [0.5, 0.6) is 11.6 Å². The zero-order valence-electron chi connectivity index (χ0n) is 11.6. The SMILES string of the molecule is C=CCc1cc(N)ccc1Oc1c(C#N)c(C)nn1C. The van der Waals surface area contributed by atoms with Crippen molar-refractivity contribution >= 4 is 5.69 Å². The standard InChI is InChI=1S/C15H16N4O/c1-4-5-11-8-12(17)6-7-14(11)20-15-13(9-16)10(2)18-19(15)3/h4,6-8H,1,5,17H2,2-3H3. The Bertz CT molecular complexity index is 695. The number of allylic oxidation sites excluding steroid dienone is 1.